The maximum absolute atomic E-state index is 11.3. The molecular formula is C22H17ClN2O3. The highest BCUT2D eigenvalue weighted by Gasteiger charge is 2.13. The number of benzene rings is 3. The third-order valence-electron chi connectivity index (χ3n) is 4.53. The Morgan fingerprint density at radius 2 is 1.93 bits per heavy atom. The van der Waals surface area contributed by atoms with Gasteiger partial charge in [0.05, 0.1) is 21.6 Å². The second-order valence-electron chi connectivity index (χ2n) is 6.64. The summed E-state index contributed by atoms with van der Waals surface area (Å²) in [5, 5.41) is 9.87. The molecule has 5 nitrogen and oxygen atoms in total. The third kappa shape index (κ3) is 3.44. The minimum atomic E-state index is -0.998. The van der Waals surface area contributed by atoms with Crippen LogP contribution in [0.3, 0.4) is 0 Å². The molecule has 4 aromatic rings. The van der Waals surface area contributed by atoms with Crippen molar-refractivity contribution in [1.29, 1.82) is 0 Å². The van der Waals surface area contributed by atoms with Gasteiger partial charge in [-0.1, -0.05) is 47.5 Å². The van der Waals surface area contributed by atoms with Crippen LogP contribution < -0.4 is 4.74 Å². The number of hydrogen-bond acceptors (Lipinski definition) is 3. The SMILES string of the molecule is Cc1cccc(-c2cc3nc(Oc4ccc(C)c(C(=O)O)c4)[nH]c3cc2Cl)c1. The second kappa shape index (κ2) is 7.02. The number of imidazole rings is 1. The van der Waals surface area contributed by atoms with Gasteiger partial charge in [0, 0.05) is 5.56 Å². The van der Waals surface area contributed by atoms with Gasteiger partial charge in [-0.05, 0) is 49.2 Å². The van der Waals surface area contributed by atoms with Crippen molar-refractivity contribution in [3.63, 3.8) is 0 Å². The molecule has 0 aliphatic rings. The molecule has 0 radical (unpaired) electrons. The van der Waals surface area contributed by atoms with E-state index in [0.717, 1.165) is 22.2 Å². The largest absolute Gasteiger partial charge is 0.478 e. The molecule has 0 fully saturated rings. The van der Waals surface area contributed by atoms with Gasteiger partial charge >= 0.3 is 5.97 Å². The molecule has 6 heteroatoms. The summed E-state index contributed by atoms with van der Waals surface area (Å²) in [5.74, 6) is -0.603. The number of carboxylic acids is 1. The minimum absolute atomic E-state index is 0.193. The number of carbonyl (C=O) groups is 1. The molecule has 0 saturated carbocycles. The van der Waals surface area contributed by atoms with Gasteiger partial charge < -0.3 is 14.8 Å². The molecular weight excluding hydrogens is 376 g/mol. The van der Waals surface area contributed by atoms with E-state index in [4.69, 9.17) is 16.3 Å². The van der Waals surface area contributed by atoms with Crippen LogP contribution in [0.5, 0.6) is 11.8 Å². The van der Waals surface area contributed by atoms with Crippen LogP contribution in [-0.4, -0.2) is 21.0 Å². The molecule has 0 atom stereocenters. The first-order chi connectivity index (χ1) is 13.4. The van der Waals surface area contributed by atoms with Crippen molar-refractivity contribution in [3.8, 4) is 22.9 Å². The number of hydrogen-bond donors (Lipinski definition) is 2. The molecule has 3 aromatic carbocycles. The van der Waals surface area contributed by atoms with E-state index in [1.54, 1.807) is 19.1 Å². The van der Waals surface area contributed by atoms with Crippen LogP contribution in [0, 0.1) is 13.8 Å². The standard InChI is InChI=1S/C22H17ClN2O3/c1-12-4-3-5-14(8-12)17-10-19-20(11-18(17)23)25-22(24-19)28-15-7-6-13(2)16(9-15)21(26)27/h3-11H,1-2H3,(H,24,25)(H,26,27). The fourth-order valence-corrected chi connectivity index (χ4v) is 3.37. The van der Waals surface area contributed by atoms with Gasteiger partial charge in [-0.25, -0.2) is 4.79 Å². The normalized spacial score (nSPS) is 11.0. The Hall–Kier alpha value is -3.31. The third-order valence-corrected chi connectivity index (χ3v) is 4.84. The van der Waals surface area contributed by atoms with E-state index in [1.807, 2.05) is 37.3 Å². The molecule has 1 aromatic heterocycles. The number of aromatic nitrogens is 2. The van der Waals surface area contributed by atoms with Crippen LogP contribution in [-0.2, 0) is 0 Å². The summed E-state index contributed by atoms with van der Waals surface area (Å²) < 4.78 is 5.74. The smallest absolute Gasteiger partial charge is 0.336 e. The monoisotopic (exact) mass is 392 g/mol. The molecule has 1 heterocycles. The van der Waals surface area contributed by atoms with Gasteiger partial charge in [0.2, 0.25) is 0 Å². The Morgan fingerprint density at radius 1 is 1.11 bits per heavy atom. The number of H-pyrrole nitrogens is 1. The Bertz CT molecular complexity index is 1210. The number of aromatic carboxylic acids is 1. The number of rotatable bonds is 4. The number of ether oxygens (including phenoxy) is 1. The number of halogens is 1. The first-order valence-electron chi connectivity index (χ1n) is 8.69. The number of carboxylic acid groups (broad SMARTS) is 1. The van der Waals surface area contributed by atoms with Gasteiger partial charge in [0.1, 0.15) is 5.75 Å². The highest BCUT2D eigenvalue weighted by Crippen LogP contribution is 2.33. The second-order valence-corrected chi connectivity index (χ2v) is 7.05. The zero-order valence-electron chi connectivity index (χ0n) is 15.3. The lowest BCUT2D eigenvalue weighted by atomic mass is 10.0. The van der Waals surface area contributed by atoms with Crippen molar-refractivity contribution < 1.29 is 14.6 Å². The highest BCUT2D eigenvalue weighted by atomic mass is 35.5. The van der Waals surface area contributed by atoms with E-state index < -0.39 is 5.97 Å². The van der Waals surface area contributed by atoms with Crippen LogP contribution in [0.15, 0.2) is 54.6 Å². The lowest BCUT2D eigenvalue weighted by Crippen LogP contribution is -2.00. The Kier molecular flexibility index (Phi) is 4.53. The molecule has 0 saturated heterocycles. The Labute approximate surface area is 166 Å². The molecule has 0 spiro atoms. The van der Waals surface area contributed by atoms with E-state index in [2.05, 4.69) is 16.0 Å². The first kappa shape index (κ1) is 18.1. The summed E-state index contributed by atoms with van der Waals surface area (Å²) in [6, 6.07) is 17.0. The van der Waals surface area contributed by atoms with Crippen LogP contribution in [0.1, 0.15) is 21.5 Å². The topological polar surface area (TPSA) is 75.2 Å². The van der Waals surface area contributed by atoms with Crippen LogP contribution >= 0.6 is 11.6 Å². The van der Waals surface area contributed by atoms with Gasteiger partial charge in [-0.15, -0.1) is 0 Å². The molecule has 140 valence electrons. The molecule has 0 bridgehead atoms. The predicted molar refractivity (Wildman–Crippen MR) is 109 cm³/mol. The first-order valence-corrected chi connectivity index (χ1v) is 9.06. The average molecular weight is 393 g/mol. The Balaban J connectivity index is 1.71. The van der Waals surface area contributed by atoms with Crippen LogP contribution in [0.4, 0.5) is 0 Å². The number of nitrogens with one attached hydrogen (secondary N) is 1. The van der Waals surface area contributed by atoms with Gasteiger partial charge in [0.15, 0.2) is 0 Å². The van der Waals surface area contributed by atoms with Crippen molar-refractivity contribution in [2.45, 2.75) is 13.8 Å². The van der Waals surface area contributed by atoms with Crippen molar-refractivity contribution in [2.75, 3.05) is 0 Å². The van der Waals surface area contributed by atoms with E-state index in [1.165, 1.54) is 6.07 Å². The van der Waals surface area contributed by atoms with Gasteiger partial charge in [-0.3, -0.25) is 0 Å². The average Bonchev–Trinajstić information content (AvgIpc) is 3.03. The molecule has 0 aliphatic heterocycles. The van der Waals surface area contributed by atoms with E-state index in [-0.39, 0.29) is 11.6 Å². The summed E-state index contributed by atoms with van der Waals surface area (Å²) in [4.78, 5) is 18.9. The zero-order chi connectivity index (χ0) is 19.8. The summed E-state index contributed by atoms with van der Waals surface area (Å²) >= 11 is 6.48. The summed E-state index contributed by atoms with van der Waals surface area (Å²) in [6.45, 7) is 3.77. The van der Waals surface area contributed by atoms with Crippen molar-refractivity contribution in [1.82, 2.24) is 9.97 Å². The summed E-state index contributed by atoms with van der Waals surface area (Å²) in [6.07, 6.45) is 0. The number of aromatic amines is 1. The molecule has 0 amide bonds. The molecule has 0 unspecified atom stereocenters. The maximum Gasteiger partial charge on any atom is 0.336 e. The highest BCUT2D eigenvalue weighted by molar-refractivity contribution is 6.34. The van der Waals surface area contributed by atoms with Gasteiger partial charge in [-0.2, -0.15) is 4.98 Å². The quantitative estimate of drug-likeness (QED) is 0.447. The lowest BCUT2D eigenvalue weighted by molar-refractivity contribution is 0.0695. The van der Waals surface area contributed by atoms with Crippen molar-refractivity contribution >= 4 is 28.6 Å². The zero-order valence-corrected chi connectivity index (χ0v) is 16.0. The molecule has 2 N–H and O–H groups in total. The van der Waals surface area contributed by atoms with E-state index >= 15 is 0 Å². The van der Waals surface area contributed by atoms with Crippen molar-refractivity contribution in [2.24, 2.45) is 0 Å². The Morgan fingerprint density at radius 3 is 2.68 bits per heavy atom. The molecule has 0 aliphatic carbocycles. The number of fused-ring (bicyclic) bond motifs is 1. The maximum atomic E-state index is 11.3. The fourth-order valence-electron chi connectivity index (χ4n) is 3.10. The van der Waals surface area contributed by atoms with Crippen LogP contribution in [0.25, 0.3) is 22.2 Å². The van der Waals surface area contributed by atoms with E-state index in [9.17, 15) is 9.90 Å². The van der Waals surface area contributed by atoms with Crippen molar-refractivity contribution in [3.05, 3.63) is 76.3 Å². The van der Waals surface area contributed by atoms with Crippen LogP contribution in [0.2, 0.25) is 5.02 Å². The minimum Gasteiger partial charge on any atom is -0.478 e. The number of nitrogens with zero attached hydrogens (tertiary/aromatic N) is 1. The number of aryl methyl sites for hydroxylation is 2. The lowest BCUT2D eigenvalue weighted by Gasteiger charge is -2.05. The fraction of sp³-hybridized carbons (Fsp3) is 0.0909. The summed E-state index contributed by atoms with van der Waals surface area (Å²) in [7, 11) is 0. The van der Waals surface area contributed by atoms with E-state index in [0.29, 0.717) is 21.9 Å². The molecule has 4 rings (SSSR count). The summed E-state index contributed by atoms with van der Waals surface area (Å²) in [5.41, 5.74) is 5.36. The predicted octanol–water partition coefficient (Wildman–Crippen LogP) is 5.99. The molecule has 28 heavy (non-hydrogen) atoms. The van der Waals surface area contributed by atoms with Gasteiger partial charge in [0.25, 0.3) is 6.01 Å².